The molecule has 26 heavy (non-hydrogen) atoms. The van der Waals surface area contributed by atoms with Gasteiger partial charge in [-0.3, -0.25) is 4.90 Å². The molecule has 2 amide bonds. The average Bonchev–Trinajstić information content (AvgIpc) is 2.66. The van der Waals surface area contributed by atoms with E-state index in [0.29, 0.717) is 15.7 Å². The van der Waals surface area contributed by atoms with Crippen LogP contribution in [0.1, 0.15) is 12.0 Å². The van der Waals surface area contributed by atoms with Gasteiger partial charge in [0.15, 0.2) is 0 Å². The third kappa shape index (κ3) is 5.37. The van der Waals surface area contributed by atoms with Crippen molar-refractivity contribution in [1.82, 2.24) is 9.80 Å². The topological polar surface area (TPSA) is 35.6 Å². The molecular formula is C20H23Cl2N3O. The minimum atomic E-state index is -0.0904. The Balaban J connectivity index is 1.40. The van der Waals surface area contributed by atoms with E-state index in [2.05, 4.69) is 34.5 Å². The molecule has 0 atom stereocenters. The lowest BCUT2D eigenvalue weighted by atomic mass is 10.1. The van der Waals surface area contributed by atoms with E-state index in [9.17, 15) is 4.79 Å². The Morgan fingerprint density at radius 3 is 2.38 bits per heavy atom. The summed E-state index contributed by atoms with van der Waals surface area (Å²) in [4.78, 5) is 16.7. The monoisotopic (exact) mass is 391 g/mol. The number of piperazine rings is 1. The smallest absolute Gasteiger partial charge is 0.321 e. The third-order valence-corrected chi connectivity index (χ3v) is 5.35. The van der Waals surface area contributed by atoms with E-state index in [1.807, 2.05) is 11.0 Å². The van der Waals surface area contributed by atoms with E-state index in [0.717, 1.165) is 45.6 Å². The minimum absolute atomic E-state index is 0.0904. The van der Waals surface area contributed by atoms with Crippen molar-refractivity contribution in [2.24, 2.45) is 0 Å². The Morgan fingerprint density at radius 2 is 1.69 bits per heavy atom. The van der Waals surface area contributed by atoms with Crippen molar-refractivity contribution in [3.05, 3.63) is 64.1 Å². The van der Waals surface area contributed by atoms with E-state index in [1.54, 1.807) is 18.2 Å². The number of urea groups is 1. The predicted molar refractivity (Wildman–Crippen MR) is 108 cm³/mol. The molecule has 0 radical (unpaired) electrons. The number of halogens is 2. The standard InChI is InChI=1S/C20H23Cl2N3O/c21-18-9-8-17(15-19(18)22)23-20(26)25-13-11-24(12-14-25)10-4-7-16-5-2-1-3-6-16/h1-3,5-6,8-9,15H,4,7,10-14H2,(H,23,26). The Morgan fingerprint density at radius 1 is 0.962 bits per heavy atom. The summed E-state index contributed by atoms with van der Waals surface area (Å²) < 4.78 is 0. The van der Waals surface area contributed by atoms with Crippen LogP contribution in [0.2, 0.25) is 10.0 Å². The summed E-state index contributed by atoms with van der Waals surface area (Å²) in [5.74, 6) is 0. The summed E-state index contributed by atoms with van der Waals surface area (Å²) in [7, 11) is 0. The minimum Gasteiger partial charge on any atom is -0.322 e. The van der Waals surface area contributed by atoms with Gasteiger partial charge in [-0.15, -0.1) is 0 Å². The zero-order valence-corrected chi connectivity index (χ0v) is 16.1. The number of hydrogen-bond donors (Lipinski definition) is 1. The lowest BCUT2D eigenvalue weighted by Crippen LogP contribution is -2.50. The first-order valence-electron chi connectivity index (χ1n) is 8.89. The van der Waals surface area contributed by atoms with Crippen LogP contribution in [0.5, 0.6) is 0 Å². The lowest BCUT2D eigenvalue weighted by Gasteiger charge is -2.34. The fourth-order valence-corrected chi connectivity index (χ4v) is 3.40. The highest BCUT2D eigenvalue weighted by Gasteiger charge is 2.20. The summed E-state index contributed by atoms with van der Waals surface area (Å²) in [5.41, 5.74) is 2.04. The molecule has 6 heteroatoms. The molecule has 0 unspecified atom stereocenters. The van der Waals surface area contributed by atoms with Gasteiger partial charge in [-0.2, -0.15) is 0 Å². The molecule has 0 aromatic heterocycles. The molecule has 2 aromatic carbocycles. The van der Waals surface area contributed by atoms with Crippen LogP contribution in [0.3, 0.4) is 0 Å². The zero-order chi connectivity index (χ0) is 18.4. The molecular weight excluding hydrogens is 369 g/mol. The molecule has 0 aliphatic carbocycles. The van der Waals surface area contributed by atoms with Gasteiger partial charge in [0, 0.05) is 31.9 Å². The molecule has 1 N–H and O–H groups in total. The highest BCUT2D eigenvalue weighted by Crippen LogP contribution is 2.25. The highest BCUT2D eigenvalue weighted by atomic mass is 35.5. The number of benzene rings is 2. The molecule has 0 spiro atoms. The fraction of sp³-hybridized carbons (Fsp3) is 0.350. The SMILES string of the molecule is O=C(Nc1ccc(Cl)c(Cl)c1)N1CCN(CCCc2ccccc2)CC1. The highest BCUT2D eigenvalue weighted by molar-refractivity contribution is 6.42. The zero-order valence-electron chi connectivity index (χ0n) is 14.6. The van der Waals surface area contributed by atoms with E-state index < -0.39 is 0 Å². The van der Waals surface area contributed by atoms with E-state index >= 15 is 0 Å². The lowest BCUT2D eigenvalue weighted by molar-refractivity contribution is 0.146. The van der Waals surface area contributed by atoms with Gasteiger partial charge < -0.3 is 10.2 Å². The number of carbonyl (C=O) groups is 1. The number of nitrogens with one attached hydrogen (secondary N) is 1. The average molecular weight is 392 g/mol. The van der Waals surface area contributed by atoms with E-state index in [4.69, 9.17) is 23.2 Å². The van der Waals surface area contributed by atoms with Gasteiger partial charge in [0.25, 0.3) is 0 Å². The summed E-state index contributed by atoms with van der Waals surface area (Å²) in [6.07, 6.45) is 2.23. The summed E-state index contributed by atoms with van der Waals surface area (Å²) in [6.45, 7) is 4.35. The van der Waals surface area contributed by atoms with Gasteiger partial charge in [0.05, 0.1) is 10.0 Å². The molecule has 0 bridgehead atoms. The van der Waals surface area contributed by atoms with E-state index in [1.165, 1.54) is 5.56 Å². The maximum absolute atomic E-state index is 12.4. The number of anilines is 1. The van der Waals surface area contributed by atoms with Gasteiger partial charge in [0.1, 0.15) is 0 Å². The Labute approximate surface area is 164 Å². The first kappa shape index (κ1) is 19.0. The molecule has 1 saturated heterocycles. The van der Waals surface area contributed by atoms with Crippen molar-refractivity contribution in [1.29, 1.82) is 0 Å². The third-order valence-electron chi connectivity index (χ3n) is 4.61. The Hall–Kier alpha value is -1.75. The number of amides is 2. The summed E-state index contributed by atoms with van der Waals surface area (Å²) in [6, 6.07) is 15.6. The molecule has 1 aliphatic heterocycles. The quantitative estimate of drug-likeness (QED) is 0.795. The van der Waals surface area contributed by atoms with Crippen LogP contribution in [-0.4, -0.2) is 48.6 Å². The molecule has 138 valence electrons. The first-order valence-corrected chi connectivity index (χ1v) is 9.65. The van der Waals surface area contributed by atoms with Crippen molar-refractivity contribution < 1.29 is 4.79 Å². The molecule has 4 nitrogen and oxygen atoms in total. The van der Waals surface area contributed by atoms with Crippen LogP contribution in [0.15, 0.2) is 48.5 Å². The van der Waals surface area contributed by atoms with Crippen LogP contribution in [0.4, 0.5) is 10.5 Å². The van der Waals surface area contributed by atoms with Gasteiger partial charge in [0.2, 0.25) is 0 Å². The molecule has 0 saturated carbocycles. The van der Waals surface area contributed by atoms with Crippen molar-refractivity contribution in [2.45, 2.75) is 12.8 Å². The first-order chi connectivity index (χ1) is 12.6. The fourth-order valence-electron chi connectivity index (χ4n) is 3.10. The van der Waals surface area contributed by atoms with Crippen LogP contribution in [0, 0.1) is 0 Å². The predicted octanol–water partition coefficient (Wildman–Crippen LogP) is 4.78. The van der Waals surface area contributed by atoms with Gasteiger partial charge in [-0.05, 0) is 43.1 Å². The van der Waals surface area contributed by atoms with Crippen LogP contribution >= 0.6 is 23.2 Å². The van der Waals surface area contributed by atoms with Gasteiger partial charge >= 0.3 is 6.03 Å². The van der Waals surface area contributed by atoms with Crippen LogP contribution in [-0.2, 0) is 6.42 Å². The summed E-state index contributed by atoms with van der Waals surface area (Å²) in [5, 5.41) is 3.80. The number of rotatable bonds is 5. The second-order valence-corrected chi connectivity index (χ2v) is 7.29. The maximum Gasteiger partial charge on any atom is 0.321 e. The van der Waals surface area contributed by atoms with Gasteiger partial charge in [-0.25, -0.2) is 4.79 Å². The van der Waals surface area contributed by atoms with Crippen molar-refractivity contribution in [2.75, 3.05) is 38.0 Å². The molecule has 1 fully saturated rings. The van der Waals surface area contributed by atoms with Crippen molar-refractivity contribution in [3.63, 3.8) is 0 Å². The van der Waals surface area contributed by atoms with Gasteiger partial charge in [-0.1, -0.05) is 53.5 Å². The number of nitrogens with zero attached hydrogens (tertiary/aromatic N) is 2. The van der Waals surface area contributed by atoms with Crippen LogP contribution in [0.25, 0.3) is 0 Å². The van der Waals surface area contributed by atoms with E-state index in [-0.39, 0.29) is 6.03 Å². The molecule has 3 rings (SSSR count). The summed E-state index contributed by atoms with van der Waals surface area (Å²) >= 11 is 11.9. The second kappa shape index (κ2) is 9.26. The number of aryl methyl sites for hydroxylation is 1. The van der Waals surface area contributed by atoms with Crippen LogP contribution < -0.4 is 5.32 Å². The number of hydrogen-bond acceptors (Lipinski definition) is 2. The molecule has 1 aliphatic rings. The van der Waals surface area contributed by atoms with Crippen molar-refractivity contribution in [3.8, 4) is 0 Å². The van der Waals surface area contributed by atoms with Crippen molar-refractivity contribution >= 4 is 34.9 Å². The number of carbonyl (C=O) groups excluding carboxylic acids is 1. The maximum atomic E-state index is 12.4. The molecule has 2 aromatic rings. The second-order valence-electron chi connectivity index (χ2n) is 6.48. The Kier molecular flexibility index (Phi) is 6.78. The molecule has 1 heterocycles. The normalized spacial score (nSPS) is 15.1. The largest absolute Gasteiger partial charge is 0.322 e. The Bertz CT molecular complexity index is 731.